The van der Waals surface area contributed by atoms with E-state index < -0.39 is 31.1 Å². The van der Waals surface area contributed by atoms with Crippen molar-refractivity contribution in [1.82, 2.24) is 15.2 Å². The molecule has 0 aliphatic carbocycles. The van der Waals surface area contributed by atoms with Crippen LogP contribution in [0.1, 0.15) is 10.7 Å². The summed E-state index contributed by atoms with van der Waals surface area (Å²) in [4.78, 5) is 37.8. The SMILES string of the molecule is Cc1nc(CCNC(=O)N(CC(=O)O)CC(=O)O)cs1. The lowest BCUT2D eigenvalue weighted by atomic mass is 10.3. The van der Waals surface area contributed by atoms with Gasteiger partial charge in [-0.2, -0.15) is 0 Å². The Labute approximate surface area is 119 Å². The molecule has 1 heterocycles. The van der Waals surface area contributed by atoms with Gasteiger partial charge in [-0.1, -0.05) is 0 Å². The van der Waals surface area contributed by atoms with Crippen LogP contribution in [0, 0.1) is 6.92 Å². The number of amides is 2. The summed E-state index contributed by atoms with van der Waals surface area (Å²) in [6.45, 7) is 0.813. The molecule has 20 heavy (non-hydrogen) atoms. The van der Waals surface area contributed by atoms with E-state index in [9.17, 15) is 14.4 Å². The molecule has 0 atom stereocenters. The van der Waals surface area contributed by atoms with Crippen LogP contribution in [0.5, 0.6) is 0 Å². The second-order valence-electron chi connectivity index (χ2n) is 3.98. The van der Waals surface area contributed by atoms with Crippen LogP contribution in [-0.4, -0.2) is 57.7 Å². The Morgan fingerprint density at radius 3 is 2.35 bits per heavy atom. The zero-order chi connectivity index (χ0) is 15.1. The van der Waals surface area contributed by atoms with E-state index in [0.717, 1.165) is 15.6 Å². The Hall–Kier alpha value is -2.16. The Morgan fingerprint density at radius 2 is 1.90 bits per heavy atom. The van der Waals surface area contributed by atoms with E-state index in [1.165, 1.54) is 11.3 Å². The summed E-state index contributed by atoms with van der Waals surface area (Å²) in [6, 6.07) is -0.721. The smallest absolute Gasteiger partial charge is 0.323 e. The summed E-state index contributed by atoms with van der Waals surface area (Å²) in [6.07, 6.45) is 0.504. The van der Waals surface area contributed by atoms with Gasteiger partial charge in [-0.25, -0.2) is 9.78 Å². The minimum Gasteiger partial charge on any atom is -0.480 e. The average molecular weight is 301 g/mol. The van der Waals surface area contributed by atoms with Gasteiger partial charge in [-0.05, 0) is 6.92 Å². The van der Waals surface area contributed by atoms with Crippen molar-refractivity contribution in [3.05, 3.63) is 16.1 Å². The fourth-order valence-corrected chi connectivity index (χ4v) is 2.11. The second kappa shape index (κ2) is 7.43. The molecule has 1 rings (SSSR count). The van der Waals surface area contributed by atoms with Crippen LogP contribution in [-0.2, 0) is 16.0 Å². The monoisotopic (exact) mass is 301 g/mol. The van der Waals surface area contributed by atoms with E-state index in [0.29, 0.717) is 6.42 Å². The number of carboxylic acids is 2. The first-order chi connectivity index (χ1) is 9.38. The normalized spacial score (nSPS) is 10.1. The van der Waals surface area contributed by atoms with Crippen molar-refractivity contribution in [3.63, 3.8) is 0 Å². The van der Waals surface area contributed by atoms with E-state index >= 15 is 0 Å². The van der Waals surface area contributed by atoms with Gasteiger partial charge >= 0.3 is 18.0 Å². The van der Waals surface area contributed by atoms with Gasteiger partial charge in [0.25, 0.3) is 0 Å². The molecule has 0 bridgehead atoms. The zero-order valence-electron chi connectivity index (χ0n) is 10.8. The van der Waals surface area contributed by atoms with E-state index in [-0.39, 0.29) is 6.54 Å². The summed E-state index contributed by atoms with van der Waals surface area (Å²) in [5.74, 6) is -2.53. The molecule has 2 amide bonds. The number of carbonyl (C=O) groups is 3. The van der Waals surface area contributed by atoms with Crippen molar-refractivity contribution >= 4 is 29.3 Å². The van der Waals surface area contributed by atoms with Crippen LogP contribution in [0.3, 0.4) is 0 Å². The minimum absolute atomic E-state index is 0.262. The number of aromatic nitrogens is 1. The molecule has 0 aliphatic rings. The van der Waals surface area contributed by atoms with E-state index in [1.54, 1.807) is 0 Å². The molecule has 1 aromatic heterocycles. The van der Waals surface area contributed by atoms with Gasteiger partial charge in [0.1, 0.15) is 13.1 Å². The summed E-state index contributed by atoms with van der Waals surface area (Å²) in [7, 11) is 0. The van der Waals surface area contributed by atoms with Crippen LogP contribution in [0.25, 0.3) is 0 Å². The molecule has 8 nitrogen and oxygen atoms in total. The van der Waals surface area contributed by atoms with Crippen molar-refractivity contribution in [2.45, 2.75) is 13.3 Å². The number of nitrogens with one attached hydrogen (secondary N) is 1. The summed E-state index contributed by atoms with van der Waals surface area (Å²) in [5, 5.41) is 22.5. The lowest BCUT2D eigenvalue weighted by Gasteiger charge is -2.18. The molecule has 0 aliphatic heterocycles. The van der Waals surface area contributed by atoms with Crippen molar-refractivity contribution in [1.29, 1.82) is 0 Å². The van der Waals surface area contributed by atoms with Gasteiger partial charge in [0.2, 0.25) is 0 Å². The van der Waals surface area contributed by atoms with Gasteiger partial charge in [-0.3, -0.25) is 9.59 Å². The zero-order valence-corrected chi connectivity index (χ0v) is 11.6. The number of carboxylic acid groups (broad SMARTS) is 2. The lowest BCUT2D eigenvalue weighted by molar-refractivity contribution is -0.140. The maximum atomic E-state index is 11.7. The van der Waals surface area contributed by atoms with Crippen LogP contribution in [0.4, 0.5) is 4.79 Å². The Bertz CT molecular complexity index is 486. The van der Waals surface area contributed by atoms with Gasteiger partial charge in [0.05, 0.1) is 10.7 Å². The molecule has 110 valence electrons. The molecular weight excluding hydrogens is 286 g/mol. The number of hydrogen-bond donors (Lipinski definition) is 3. The molecule has 0 radical (unpaired) electrons. The van der Waals surface area contributed by atoms with Gasteiger partial charge in [0.15, 0.2) is 0 Å². The number of urea groups is 1. The number of thiazole rings is 1. The average Bonchev–Trinajstić information content (AvgIpc) is 2.73. The number of nitrogens with zero attached hydrogens (tertiary/aromatic N) is 2. The highest BCUT2D eigenvalue weighted by atomic mass is 32.1. The van der Waals surface area contributed by atoms with E-state index in [4.69, 9.17) is 10.2 Å². The number of aryl methyl sites for hydroxylation is 1. The molecule has 3 N–H and O–H groups in total. The van der Waals surface area contributed by atoms with Crippen LogP contribution < -0.4 is 5.32 Å². The van der Waals surface area contributed by atoms with Crippen LogP contribution >= 0.6 is 11.3 Å². The lowest BCUT2D eigenvalue weighted by Crippen LogP contribution is -2.45. The minimum atomic E-state index is -1.27. The maximum absolute atomic E-state index is 11.7. The number of carbonyl (C=O) groups excluding carboxylic acids is 1. The van der Waals surface area contributed by atoms with Crippen LogP contribution in [0.2, 0.25) is 0 Å². The molecule has 0 unspecified atom stereocenters. The second-order valence-corrected chi connectivity index (χ2v) is 5.05. The Morgan fingerprint density at radius 1 is 1.30 bits per heavy atom. The van der Waals surface area contributed by atoms with Crippen molar-refractivity contribution in [2.24, 2.45) is 0 Å². The Balaban J connectivity index is 2.44. The fourth-order valence-electron chi connectivity index (χ4n) is 1.46. The largest absolute Gasteiger partial charge is 0.480 e. The first-order valence-electron chi connectivity index (χ1n) is 5.76. The van der Waals surface area contributed by atoms with Crippen molar-refractivity contribution < 1.29 is 24.6 Å². The first kappa shape index (κ1) is 15.9. The van der Waals surface area contributed by atoms with Gasteiger partial charge in [0, 0.05) is 18.3 Å². The van der Waals surface area contributed by atoms with E-state index in [2.05, 4.69) is 10.3 Å². The molecule has 0 saturated heterocycles. The highest BCUT2D eigenvalue weighted by Gasteiger charge is 2.19. The fraction of sp³-hybridized carbons (Fsp3) is 0.455. The third-order valence-corrected chi connectivity index (χ3v) is 3.09. The highest BCUT2D eigenvalue weighted by Crippen LogP contribution is 2.07. The maximum Gasteiger partial charge on any atom is 0.323 e. The summed E-state index contributed by atoms with van der Waals surface area (Å²) >= 11 is 1.50. The third kappa shape index (κ3) is 5.65. The van der Waals surface area contributed by atoms with Crippen molar-refractivity contribution in [2.75, 3.05) is 19.6 Å². The van der Waals surface area contributed by atoms with Gasteiger partial charge < -0.3 is 20.4 Å². The summed E-state index contributed by atoms with van der Waals surface area (Å²) < 4.78 is 0. The Kier molecular flexibility index (Phi) is 5.91. The number of rotatable bonds is 7. The molecule has 0 aromatic carbocycles. The molecule has 0 saturated carbocycles. The molecule has 0 fully saturated rings. The number of aliphatic carboxylic acids is 2. The molecule has 0 spiro atoms. The first-order valence-corrected chi connectivity index (χ1v) is 6.64. The molecular formula is C11H15N3O5S. The third-order valence-electron chi connectivity index (χ3n) is 2.26. The standard InChI is InChI=1S/C11H15N3O5S/c1-7-13-8(6-20-7)2-3-12-11(19)14(4-9(15)16)5-10(17)18/h6H,2-5H2,1H3,(H,12,19)(H,15,16)(H,17,18). The van der Waals surface area contributed by atoms with Gasteiger partial charge in [-0.15, -0.1) is 11.3 Å². The highest BCUT2D eigenvalue weighted by molar-refractivity contribution is 7.09. The summed E-state index contributed by atoms with van der Waals surface area (Å²) in [5.41, 5.74) is 0.829. The van der Waals surface area contributed by atoms with E-state index in [1.807, 2.05) is 12.3 Å². The van der Waals surface area contributed by atoms with Crippen LogP contribution in [0.15, 0.2) is 5.38 Å². The predicted octanol–water partition coefficient (Wildman–Crippen LogP) is 0.175. The molecule has 9 heteroatoms. The number of hydrogen-bond acceptors (Lipinski definition) is 5. The predicted molar refractivity (Wildman–Crippen MR) is 70.8 cm³/mol. The quantitative estimate of drug-likeness (QED) is 0.660. The topological polar surface area (TPSA) is 120 Å². The molecule has 1 aromatic rings. The van der Waals surface area contributed by atoms with Crippen molar-refractivity contribution in [3.8, 4) is 0 Å².